The fourth-order valence-corrected chi connectivity index (χ4v) is 4.56. The Balaban J connectivity index is 1.38. The number of hydrogen-bond acceptors (Lipinski definition) is 9. The minimum absolute atomic E-state index is 0.0455. The zero-order valence-corrected chi connectivity index (χ0v) is 19.1. The highest BCUT2D eigenvalue weighted by molar-refractivity contribution is 6.04. The highest BCUT2D eigenvalue weighted by atomic mass is 16.7. The van der Waals surface area contributed by atoms with Crippen LogP contribution in [-0.4, -0.2) is 54.2 Å². The maximum atomic E-state index is 13.1. The lowest BCUT2D eigenvalue weighted by Crippen LogP contribution is -2.42. The van der Waals surface area contributed by atoms with Crippen LogP contribution in [0.1, 0.15) is 37.7 Å². The predicted octanol–water partition coefficient (Wildman–Crippen LogP) is 1.34. The van der Waals surface area contributed by atoms with E-state index in [-0.39, 0.29) is 42.4 Å². The number of piperidine rings is 1. The molecule has 1 aromatic heterocycles. The van der Waals surface area contributed by atoms with Crippen molar-refractivity contribution in [3.63, 3.8) is 0 Å². The standard InChI is InChI=1S/C23H25N5O7/c1-2-33-22(32)12-4-3-7-28(10-12)23-26-19-18(21(31)27-23)14(9-17(29)25-19)20(30)24-13-5-6-15-16(8-13)35-11-34-15/h5-6,8,12,14H,2-4,7,9-11H2,1H3,(H,24,30)(H2,25,26,27,29,31). The molecule has 2 atom stereocenters. The lowest BCUT2D eigenvalue weighted by molar-refractivity contribution is -0.148. The molecule has 3 N–H and O–H groups in total. The molecule has 0 radical (unpaired) electrons. The zero-order chi connectivity index (χ0) is 24.5. The van der Waals surface area contributed by atoms with E-state index in [2.05, 4.69) is 20.6 Å². The Bertz CT molecular complexity index is 1240. The van der Waals surface area contributed by atoms with Gasteiger partial charge in [0.2, 0.25) is 24.6 Å². The van der Waals surface area contributed by atoms with Crippen LogP contribution in [0.2, 0.25) is 0 Å². The summed E-state index contributed by atoms with van der Waals surface area (Å²) in [6.45, 7) is 3.07. The van der Waals surface area contributed by atoms with Gasteiger partial charge in [-0.05, 0) is 31.9 Å². The van der Waals surface area contributed by atoms with E-state index >= 15 is 0 Å². The molecule has 5 rings (SSSR count). The Morgan fingerprint density at radius 1 is 1.26 bits per heavy atom. The van der Waals surface area contributed by atoms with Gasteiger partial charge in [0.1, 0.15) is 5.82 Å². The van der Waals surface area contributed by atoms with Crippen LogP contribution >= 0.6 is 0 Å². The molecular formula is C23H25N5O7. The average Bonchev–Trinajstić information content (AvgIpc) is 3.31. The fourth-order valence-electron chi connectivity index (χ4n) is 4.56. The predicted molar refractivity (Wildman–Crippen MR) is 124 cm³/mol. The molecule has 0 aliphatic carbocycles. The number of nitrogens with one attached hydrogen (secondary N) is 3. The molecule has 1 fully saturated rings. The number of carbonyl (C=O) groups excluding carboxylic acids is 3. The molecule has 2 unspecified atom stereocenters. The quantitative estimate of drug-likeness (QED) is 0.535. The smallest absolute Gasteiger partial charge is 0.310 e. The molecule has 0 spiro atoms. The van der Waals surface area contributed by atoms with Gasteiger partial charge in [-0.2, -0.15) is 4.98 Å². The van der Waals surface area contributed by atoms with Crippen molar-refractivity contribution in [1.29, 1.82) is 0 Å². The fraction of sp³-hybridized carbons (Fsp3) is 0.435. The van der Waals surface area contributed by atoms with Crippen LogP contribution in [-0.2, 0) is 19.1 Å². The average molecular weight is 483 g/mol. The van der Waals surface area contributed by atoms with Crippen molar-refractivity contribution in [1.82, 2.24) is 9.97 Å². The Morgan fingerprint density at radius 2 is 2.09 bits per heavy atom. The molecule has 1 aromatic carbocycles. The summed E-state index contributed by atoms with van der Waals surface area (Å²) < 4.78 is 15.7. The number of benzene rings is 1. The summed E-state index contributed by atoms with van der Waals surface area (Å²) in [7, 11) is 0. The highest BCUT2D eigenvalue weighted by Gasteiger charge is 2.36. The van der Waals surface area contributed by atoms with Gasteiger partial charge < -0.3 is 29.7 Å². The molecule has 12 heteroatoms. The Morgan fingerprint density at radius 3 is 2.91 bits per heavy atom. The molecule has 184 valence electrons. The summed E-state index contributed by atoms with van der Waals surface area (Å²) in [6.07, 6.45) is 1.21. The van der Waals surface area contributed by atoms with E-state index < -0.39 is 23.3 Å². The van der Waals surface area contributed by atoms with Crippen LogP contribution in [0.15, 0.2) is 23.0 Å². The van der Waals surface area contributed by atoms with Gasteiger partial charge in [-0.15, -0.1) is 0 Å². The van der Waals surface area contributed by atoms with Crippen LogP contribution in [0.4, 0.5) is 17.5 Å². The molecule has 0 bridgehead atoms. The zero-order valence-electron chi connectivity index (χ0n) is 19.1. The molecule has 0 saturated carbocycles. The summed E-state index contributed by atoms with van der Waals surface area (Å²) >= 11 is 0. The van der Waals surface area contributed by atoms with Crippen LogP contribution < -0.4 is 30.6 Å². The highest BCUT2D eigenvalue weighted by Crippen LogP contribution is 2.35. The largest absolute Gasteiger partial charge is 0.466 e. The summed E-state index contributed by atoms with van der Waals surface area (Å²) in [5.74, 6) is -1.23. The van der Waals surface area contributed by atoms with Crippen molar-refractivity contribution in [2.24, 2.45) is 5.92 Å². The topological polar surface area (TPSA) is 152 Å². The molecule has 3 aliphatic rings. The maximum Gasteiger partial charge on any atom is 0.310 e. The Kier molecular flexibility index (Phi) is 6.01. The van der Waals surface area contributed by atoms with Crippen molar-refractivity contribution >= 4 is 35.2 Å². The number of rotatable bonds is 5. The lowest BCUT2D eigenvalue weighted by Gasteiger charge is -2.32. The molecule has 2 amide bonds. The summed E-state index contributed by atoms with van der Waals surface area (Å²) in [4.78, 5) is 59.7. The van der Waals surface area contributed by atoms with E-state index in [1.807, 2.05) is 0 Å². The van der Waals surface area contributed by atoms with Crippen LogP contribution in [0, 0.1) is 5.92 Å². The maximum absolute atomic E-state index is 13.1. The molecule has 1 saturated heterocycles. The van der Waals surface area contributed by atoms with Gasteiger partial charge >= 0.3 is 5.97 Å². The van der Waals surface area contributed by atoms with Crippen molar-refractivity contribution in [2.45, 2.75) is 32.1 Å². The number of carbonyl (C=O) groups is 3. The van der Waals surface area contributed by atoms with Gasteiger partial charge in [-0.25, -0.2) is 0 Å². The third-order valence-corrected chi connectivity index (χ3v) is 6.24. The number of ether oxygens (including phenoxy) is 3. The van der Waals surface area contributed by atoms with E-state index in [1.165, 1.54) is 0 Å². The second kappa shape index (κ2) is 9.28. The van der Waals surface area contributed by atoms with Gasteiger partial charge in [-0.3, -0.25) is 24.2 Å². The summed E-state index contributed by atoms with van der Waals surface area (Å²) in [5, 5.41) is 5.35. The van der Waals surface area contributed by atoms with Gasteiger partial charge in [-0.1, -0.05) is 0 Å². The van der Waals surface area contributed by atoms with Crippen molar-refractivity contribution in [2.75, 3.05) is 42.0 Å². The minimum atomic E-state index is -1.02. The third-order valence-electron chi connectivity index (χ3n) is 6.24. The minimum Gasteiger partial charge on any atom is -0.466 e. The first kappa shape index (κ1) is 22.7. The number of fused-ring (bicyclic) bond motifs is 2. The number of nitrogens with zero attached hydrogens (tertiary/aromatic N) is 2. The molecule has 2 aromatic rings. The van der Waals surface area contributed by atoms with Crippen LogP contribution in [0.25, 0.3) is 0 Å². The second-order valence-corrected chi connectivity index (χ2v) is 8.55. The number of H-pyrrole nitrogens is 1. The number of hydrogen-bond donors (Lipinski definition) is 3. The number of esters is 1. The van der Waals surface area contributed by atoms with Gasteiger partial charge in [0.15, 0.2) is 11.5 Å². The first-order chi connectivity index (χ1) is 16.9. The summed E-state index contributed by atoms with van der Waals surface area (Å²) in [5.41, 5.74) is 0.0192. The lowest BCUT2D eigenvalue weighted by atomic mass is 9.92. The van der Waals surface area contributed by atoms with Crippen LogP contribution in [0.3, 0.4) is 0 Å². The molecular weight excluding hydrogens is 458 g/mol. The van der Waals surface area contributed by atoms with Crippen molar-refractivity contribution < 1.29 is 28.6 Å². The number of aromatic nitrogens is 2. The van der Waals surface area contributed by atoms with E-state index in [4.69, 9.17) is 14.2 Å². The van der Waals surface area contributed by atoms with Crippen LogP contribution in [0.5, 0.6) is 11.5 Å². The first-order valence-electron chi connectivity index (χ1n) is 11.5. The van der Waals surface area contributed by atoms with Gasteiger partial charge in [0, 0.05) is 31.3 Å². The van der Waals surface area contributed by atoms with Gasteiger partial charge in [0.25, 0.3) is 5.56 Å². The third kappa shape index (κ3) is 4.51. The molecule has 4 heterocycles. The Hall–Kier alpha value is -4.09. The van der Waals surface area contributed by atoms with Crippen molar-refractivity contribution in [3.05, 3.63) is 34.1 Å². The van der Waals surface area contributed by atoms with Crippen molar-refractivity contribution in [3.8, 4) is 11.5 Å². The van der Waals surface area contributed by atoms with E-state index in [1.54, 1.807) is 30.0 Å². The van der Waals surface area contributed by atoms with Gasteiger partial charge in [0.05, 0.1) is 24.0 Å². The Labute approximate surface area is 200 Å². The summed E-state index contributed by atoms with van der Waals surface area (Å²) in [6, 6.07) is 4.94. The monoisotopic (exact) mass is 483 g/mol. The number of aromatic amines is 1. The number of anilines is 3. The van der Waals surface area contributed by atoms with E-state index in [0.29, 0.717) is 43.3 Å². The molecule has 3 aliphatic heterocycles. The molecule has 12 nitrogen and oxygen atoms in total. The normalized spacial score (nSPS) is 20.6. The molecule has 35 heavy (non-hydrogen) atoms. The second-order valence-electron chi connectivity index (χ2n) is 8.55. The first-order valence-corrected chi connectivity index (χ1v) is 11.5. The van der Waals surface area contributed by atoms with E-state index in [0.717, 1.165) is 6.42 Å². The SMILES string of the molecule is CCOC(=O)C1CCCN(c2nc3c(c(=O)[nH]2)C(C(=O)Nc2ccc4c(c2)OCO4)CC(=O)N3)C1. The number of amides is 2. The van der Waals surface area contributed by atoms with E-state index in [9.17, 15) is 19.2 Å².